The fourth-order valence-electron chi connectivity index (χ4n) is 7.01. The Hall–Kier alpha value is -6.05. The lowest BCUT2D eigenvalue weighted by molar-refractivity contribution is -0.141. The number of carbonyl (C=O) groups excluding carboxylic acids is 4. The molecular formula is C41H48N6O8. The van der Waals surface area contributed by atoms with Gasteiger partial charge in [0.05, 0.1) is 14.2 Å². The van der Waals surface area contributed by atoms with Crippen molar-refractivity contribution in [2.75, 3.05) is 40.3 Å². The molecule has 1 aromatic heterocycles. The van der Waals surface area contributed by atoms with Crippen LogP contribution in [0.15, 0.2) is 71.1 Å². The second-order valence-electron chi connectivity index (χ2n) is 14.2. The molecule has 0 radical (unpaired) electrons. The first-order valence-electron chi connectivity index (χ1n) is 18.2. The number of aryl methyl sites for hydroxylation is 1. The lowest BCUT2D eigenvalue weighted by Gasteiger charge is -2.35. The fraction of sp³-hybridized carbons (Fsp3) is 0.390. The van der Waals surface area contributed by atoms with E-state index in [1.54, 1.807) is 72.3 Å². The number of oxazole rings is 1. The van der Waals surface area contributed by atoms with Gasteiger partial charge in [-0.1, -0.05) is 30.3 Å². The predicted molar refractivity (Wildman–Crippen MR) is 204 cm³/mol. The van der Waals surface area contributed by atoms with Crippen molar-refractivity contribution in [2.24, 2.45) is 0 Å². The van der Waals surface area contributed by atoms with Crippen LogP contribution >= 0.6 is 0 Å². The fourth-order valence-corrected chi connectivity index (χ4v) is 7.01. The summed E-state index contributed by atoms with van der Waals surface area (Å²) in [5.74, 6) is 0.925. The number of likely N-dealkylation sites (N-methyl/N-ethyl adjacent to an activating group) is 3. The first-order valence-corrected chi connectivity index (χ1v) is 18.2. The van der Waals surface area contributed by atoms with Gasteiger partial charge in [0.2, 0.25) is 35.4 Å². The second kappa shape index (κ2) is 16.1. The van der Waals surface area contributed by atoms with E-state index in [2.05, 4.69) is 10.6 Å². The smallest absolute Gasteiger partial charge is 0.246 e. The molecule has 0 saturated heterocycles. The highest BCUT2D eigenvalue weighted by Gasteiger charge is 2.38. The van der Waals surface area contributed by atoms with Crippen LogP contribution in [-0.4, -0.2) is 97.9 Å². The van der Waals surface area contributed by atoms with Gasteiger partial charge in [0, 0.05) is 40.4 Å². The molecule has 7 rings (SSSR count). The number of anilines is 1. The molecule has 55 heavy (non-hydrogen) atoms. The van der Waals surface area contributed by atoms with Crippen LogP contribution in [0.3, 0.4) is 0 Å². The van der Waals surface area contributed by atoms with Gasteiger partial charge in [0.25, 0.3) is 0 Å². The Bertz CT molecular complexity index is 2050. The van der Waals surface area contributed by atoms with Crippen LogP contribution in [0.5, 0.6) is 23.0 Å². The number of aromatic nitrogens is 1. The van der Waals surface area contributed by atoms with Crippen molar-refractivity contribution >= 4 is 29.5 Å². The highest BCUT2D eigenvalue weighted by atomic mass is 16.5. The number of benzene rings is 3. The number of fused-ring (bicyclic) bond motifs is 4. The normalized spacial score (nSPS) is 22.4. The Kier molecular flexibility index (Phi) is 11.3. The average molecular weight is 753 g/mol. The van der Waals surface area contributed by atoms with Crippen LogP contribution in [0, 0.1) is 6.92 Å². The quantitative estimate of drug-likeness (QED) is 0.313. The van der Waals surface area contributed by atoms with Crippen molar-refractivity contribution in [1.29, 1.82) is 0 Å². The zero-order valence-electron chi connectivity index (χ0n) is 32.4. The molecule has 3 aromatic carbocycles. The highest BCUT2D eigenvalue weighted by Crippen LogP contribution is 2.35. The SMILES string of the molecule is COc1ccc(C[C@H]2c3nc(C)c(o3)N(C)[C@H]3Cc4ccc(cc4)Oc4cc(ccc4OC)C[C@@H](C(=O)N[C@H](C)C(=O)N[C@@H](C)C(=O)N2C)N(C)C3=O)cc1. The van der Waals surface area contributed by atoms with Gasteiger partial charge in [0.1, 0.15) is 47.4 Å². The zero-order chi connectivity index (χ0) is 39.6. The van der Waals surface area contributed by atoms with Crippen molar-refractivity contribution in [3.8, 4) is 23.0 Å². The molecule has 8 bridgehead atoms. The van der Waals surface area contributed by atoms with Crippen molar-refractivity contribution in [3.05, 3.63) is 95.0 Å². The van der Waals surface area contributed by atoms with Gasteiger partial charge < -0.3 is 44.0 Å². The topological polar surface area (TPSA) is 156 Å². The summed E-state index contributed by atoms with van der Waals surface area (Å²) in [5.41, 5.74) is 2.92. The first kappa shape index (κ1) is 38.7. The average Bonchev–Trinajstić information content (AvgIpc) is 3.57. The molecule has 0 fully saturated rings. The minimum absolute atomic E-state index is 0.0923. The molecular weight excluding hydrogens is 704 g/mol. The molecule has 3 aliphatic rings. The number of amides is 4. The summed E-state index contributed by atoms with van der Waals surface area (Å²) >= 11 is 0. The molecule has 4 aromatic rings. The van der Waals surface area contributed by atoms with E-state index in [-0.39, 0.29) is 24.6 Å². The van der Waals surface area contributed by atoms with E-state index in [0.29, 0.717) is 46.6 Å². The van der Waals surface area contributed by atoms with Crippen LogP contribution in [0.25, 0.3) is 0 Å². The van der Waals surface area contributed by atoms with E-state index in [4.69, 9.17) is 23.6 Å². The number of hydrogen-bond donors (Lipinski definition) is 2. The maximum absolute atomic E-state index is 14.9. The van der Waals surface area contributed by atoms with E-state index >= 15 is 0 Å². The lowest BCUT2D eigenvalue weighted by atomic mass is 9.99. The van der Waals surface area contributed by atoms with E-state index in [1.807, 2.05) is 48.5 Å². The Morgan fingerprint density at radius 3 is 2.07 bits per heavy atom. The largest absolute Gasteiger partial charge is 0.497 e. The molecule has 4 heterocycles. The van der Waals surface area contributed by atoms with Gasteiger partial charge in [-0.05, 0) is 73.9 Å². The molecule has 5 atom stereocenters. The van der Waals surface area contributed by atoms with Gasteiger partial charge in [-0.2, -0.15) is 0 Å². The summed E-state index contributed by atoms with van der Waals surface area (Å²) in [5, 5.41) is 5.56. The third-order valence-corrected chi connectivity index (χ3v) is 10.4. The Morgan fingerprint density at radius 2 is 1.40 bits per heavy atom. The number of nitrogens with zero attached hydrogens (tertiary/aromatic N) is 4. The predicted octanol–water partition coefficient (Wildman–Crippen LogP) is 3.99. The molecule has 3 aliphatic heterocycles. The van der Waals surface area contributed by atoms with Gasteiger partial charge in [-0.15, -0.1) is 0 Å². The number of methoxy groups -OCH3 is 2. The third-order valence-electron chi connectivity index (χ3n) is 10.4. The molecule has 0 aliphatic carbocycles. The summed E-state index contributed by atoms with van der Waals surface area (Å²) in [6, 6.07) is 15.6. The number of rotatable bonds is 4. The number of hydrogen-bond acceptors (Lipinski definition) is 10. The summed E-state index contributed by atoms with van der Waals surface area (Å²) in [4.78, 5) is 66.1. The summed E-state index contributed by atoms with van der Waals surface area (Å²) in [7, 11) is 8.11. The summed E-state index contributed by atoms with van der Waals surface area (Å²) < 4.78 is 23.7. The van der Waals surface area contributed by atoms with E-state index in [0.717, 1.165) is 11.1 Å². The van der Waals surface area contributed by atoms with Crippen molar-refractivity contribution in [1.82, 2.24) is 25.4 Å². The van der Waals surface area contributed by atoms with Gasteiger partial charge in [-0.3, -0.25) is 19.2 Å². The van der Waals surface area contributed by atoms with Gasteiger partial charge >= 0.3 is 0 Å². The molecule has 0 saturated carbocycles. The van der Waals surface area contributed by atoms with Crippen LogP contribution in [-0.2, 0) is 38.4 Å². The van der Waals surface area contributed by atoms with E-state index < -0.39 is 47.9 Å². The molecule has 0 spiro atoms. The standard InChI is InChI=1S/C41H48N6O8/c1-23-36(48)43-24(2)39(50)46(5)32(19-26-9-14-29(52-7)15-10-26)38-44-25(3)41(55-38)47(6)33-20-27-11-16-30(17-12-27)54-35-22-28(13-18-34(35)53-8)21-31(37(49)42-23)45(4)40(33)51/h9-18,22-24,31-33H,19-21H2,1-8H3,(H,42,49)(H,43,48)/t23-,24+,31+,32+,33+/m1/s1. The van der Waals surface area contributed by atoms with Crippen molar-refractivity contribution < 1.29 is 37.8 Å². The summed E-state index contributed by atoms with van der Waals surface area (Å²) in [6.45, 7) is 4.91. The summed E-state index contributed by atoms with van der Waals surface area (Å²) in [6.07, 6.45) is 0.661. The molecule has 290 valence electrons. The van der Waals surface area contributed by atoms with Gasteiger partial charge in [0.15, 0.2) is 11.5 Å². The minimum atomic E-state index is -1.05. The number of carbonyl (C=O) groups is 4. The monoisotopic (exact) mass is 752 g/mol. The maximum Gasteiger partial charge on any atom is 0.246 e. The number of nitrogens with one attached hydrogen (secondary N) is 2. The van der Waals surface area contributed by atoms with Crippen LogP contribution < -0.4 is 29.7 Å². The molecule has 0 unspecified atom stereocenters. The van der Waals surface area contributed by atoms with Crippen molar-refractivity contribution in [2.45, 2.75) is 70.2 Å². The van der Waals surface area contributed by atoms with Crippen LogP contribution in [0.2, 0.25) is 0 Å². The Morgan fingerprint density at radius 1 is 0.745 bits per heavy atom. The van der Waals surface area contributed by atoms with Crippen molar-refractivity contribution in [3.63, 3.8) is 0 Å². The second-order valence-corrected chi connectivity index (χ2v) is 14.2. The maximum atomic E-state index is 14.9. The highest BCUT2D eigenvalue weighted by molar-refractivity contribution is 5.95. The first-order chi connectivity index (χ1) is 26.3. The van der Waals surface area contributed by atoms with Crippen LogP contribution in [0.1, 0.15) is 48.2 Å². The minimum Gasteiger partial charge on any atom is -0.497 e. The molecule has 2 N–H and O–H groups in total. The molecule has 4 amide bonds. The molecule has 14 nitrogen and oxygen atoms in total. The third kappa shape index (κ3) is 8.22. The lowest BCUT2D eigenvalue weighted by Crippen LogP contribution is -2.58. The van der Waals surface area contributed by atoms with Crippen LogP contribution in [0.4, 0.5) is 5.88 Å². The Labute approximate surface area is 320 Å². The molecule has 14 heteroatoms. The zero-order valence-corrected chi connectivity index (χ0v) is 32.4. The number of ether oxygens (including phenoxy) is 3. The van der Waals surface area contributed by atoms with Gasteiger partial charge in [-0.25, -0.2) is 4.98 Å². The van der Waals surface area contributed by atoms with E-state index in [1.165, 1.54) is 16.7 Å². The van der Waals surface area contributed by atoms with E-state index in [9.17, 15) is 19.2 Å². The Balaban J connectivity index is 1.48.